The second kappa shape index (κ2) is 10.5. The first kappa shape index (κ1) is 19.9. The molecule has 0 saturated carbocycles. The Bertz CT molecular complexity index is 583. The molecular formula is C19H30N4O3. The lowest BCUT2D eigenvalue weighted by molar-refractivity contribution is -0.128. The zero-order valence-electron chi connectivity index (χ0n) is 16.0. The molecule has 2 N–H and O–H groups in total. The minimum atomic E-state index is -0.0541. The molecular weight excluding hydrogens is 332 g/mol. The van der Waals surface area contributed by atoms with E-state index in [9.17, 15) is 4.79 Å². The first-order valence-electron chi connectivity index (χ1n) is 9.23. The Morgan fingerprint density at radius 1 is 1.19 bits per heavy atom. The van der Waals surface area contributed by atoms with Crippen LogP contribution in [0.15, 0.2) is 29.3 Å². The van der Waals surface area contributed by atoms with Crippen LogP contribution in [0.2, 0.25) is 0 Å². The van der Waals surface area contributed by atoms with Gasteiger partial charge >= 0.3 is 0 Å². The molecule has 0 spiro atoms. The smallest absolute Gasteiger partial charge is 0.244 e. The molecule has 1 aromatic carbocycles. The Morgan fingerprint density at radius 3 is 2.46 bits per heavy atom. The van der Waals surface area contributed by atoms with E-state index < -0.39 is 0 Å². The van der Waals surface area contributed by atoms with Crippen molar-refractivity contribution in [2.75, 3.05) is 39.8 Å². The second-order valence-electron chi connectivity index (χ2n) is 6.27. The van der Waals surface area contributed by atoms with Crippen molar-refractivity contribution in [3.63, 3.8) is 0 Å². The Kier molecular flexibility index (Phi) is 8.05. The Hall–Kier alpha value is -2.44. The molecule has 1 aromatic rings. The van der Waals surface area contributed by atoms with Crippen LogP contribution in [0, 0.1) is 0 Å². The quantitative estimate of drug-likeness (QED) is 0.543. The van der Waals surface area contributed by atoms with Crippen LogP contribution in [0.5, 0.6) is 11.5 Å². The highest BCUT2D eigenvalue weighted by atomic mass is 16.5. The predicted octanol–water partition coefficient (Wildman–Crippen LogP) is 1.64. The average Bonchev–Trinajstić information content (AvgIpc) is 3.19. The number of ether oxygens (including phenoxy) is 2. The summed E-state index contributed by atoms with van der Waals surface area (Å²) in [6, 6.07) is 7.49. The van der Waals surface area contributed by atoms with Gasteiger partial charge in [0.05, 0.1) is 13.7 Å². The van der Waals surface area contributed by atoms with Crippen molar-refractivity contribution < 1.29 is 14.3 Å². The number of likely N-dealkylation sites (tertiary alicyclic amines) is 1. The van der Waals surface area contributed by atoms with Crippen molar-refractivity contribution >= 4 is 11.9 Å². The number of carbonyl (C=O) groups excluding carboxylic acids is 1. The molecule has 0 bridgehead atoms. The number of methoxy groups -OCH3 is 1. The van der Waals surface area contributed by atoms with E-state index in [-0.39, 0.29) is 18.6 Å². The molecule has 1 fully saturated rings. The number of hydrogen-bond acceptors (Lipinski definition) is 4. The first-order chi connectivity index (χ1) is 12.6. The van der Waals surface area contributed by atoms with Crippen LogP contribution in [0.4, 0.5) is 0 Å². The van der Waals surface area contributed by atoms with E-state index in [1.807, 2.05) is 43.0 Å². The van der Waals surface area contributed by atoms with Gasteiger partial charge in [-0.25, -0.2) is 4.99 Å². The van der Waals surface area contributed by atoms with Crippen molar-refractivity contribution in [1.82, 2.24) is 15.5 Å². The summed E-state index contributed by atoms with van der Waals surface area (Å²) in [5.74, 6) is 2.30. The maximum Gasteiger partial charge on any atom is 0.244 e. The molecule has 1 heterocycles. The highest BCUT2D eigenvalue weighted by Crippen LogP contribution is 2.17. The van der Waals surface area contributed by atoms with Crippen molar-refractivity contribution in [1.29, 1.82) is 0 Å². The molecule has 1 aliphatic heterocycles. The van der Waals surface area contributed by atoms with Crippen molar-refractivity contribution in [3.05, 3.63) is 24.3 Å². The molecule has 1 saturated heterocycles. The van der Waals surface area contributed by atoms with E-state index in [0.717, 1.165) is 44.0 Å². The largest absolute Gasteiger partial charge is 0.497 e. The maximum absolute atomic E-state index is 12.1. The van der Waals surface area contributed by atoms with Gasteiger partial charge in [0.1, 0.15) is 24.1 Å². The van der Waals surface area contributed by atoms with Crippen molar-refractivity contribution in [3.8, 4) is 11.5 Å². The van der Waals surface area contributed by atoms with Gasteiger partial charge in [-0.15, -0.1) is 0 Å². The minimum Gasteiger partial charge on any atom is -0.497 e. The second-order valence-corrected chi connectivity index (χ2v) is 6.27. The van der Waals surface area contributed by atoms with E-state index in [2.05, 4.69) is 15.6 Å². The van der Waals surface area contributed by atoms with E-state index in [0.29, 0.717) is 12.5 Å². The van der Waals surface area contributed by atoms with Crippen LogP contribution in [-0.2, 0) is 4.79 Å². The SMILES string of the molecule is CCNC(=NCC(=O)N1CCCC1)NCC(C)Oc1ccc(OC)cc1. The normalized spacial score (nSPS) is 15.5. The molecule has 7 heteroatoms. The van der Waals surface area contributed by atoms with Crippen molar-refractivity contribution in [2.45, 2.75) is 32.8 Å². The maximum atomic E-state index is 12.1. The van der Waals surface area contributed by atoms with Crippen LogP contribution < -0.4 is 20.1 Å². The Morgan fingerprint density at radius 2 is 1.85 bits per heavy atom. The summed E-state index contributed by atoms with van der Waals surface area (Å²) in [6.07, 6.45) is 2.13. The monoisotopic (exact) mass is 362 g/mol. The number of carbonyl (C=O) groups is 1. The molecule has 1 atom stereocenters. The molecule has 144 valence electrons. The fraction of sp³-hybridized carbons (Fsp3) is 0.579. The number of nitrogens with zero attached hydrogens (tertiary/aromatic N) is 2. The molecule has 1 amide bonds. The minimum absolute atomic E-state index is 0.0541. The third kappa shape index (κ3) is 6.46. The van der Waals surface area contributed by atoms with Gasteiger partial charge in [-0.2, -0.15) is 0 Å². The summed E-state index contributed by atoms with van der Waals surface area (Å²) in [6.45, 7) is 7.17. The number of guanidine groups is 1. The van der Waals surface area contributed by atoms with E-state index in [1.165, 1.54) is 0 Å². The fourth-order valence-corrected chi connectivity index (χ4v) is 2.72. The highest BCUT2D eigenvalue weighted by molar-refractivity contribution is 5.85. The zero-order valence-corrected chi connectivity index (χ0v) is 16.0. The highest BCUT2D eigenvalue weighted by Gasteiger charge is 2.17. The zero-order chi connectivity index (χ0) is 18.8. The standard InChI is InChI=1S/C19H30N4O3/c1-4-20-19(22-14-18(24)23-11-5-6-12-23)21-13-15(2)26-17-9-7-16(25-3)8-10-17/h7-10,15H,4-6,11-14H2,1-3H3,(H2,20,21,22). The molecule has 2 rings (SSSR count). The number of hydrogen-bond donors (Lipinski definition) is 2. The summed E-state index contributed by atoms with van der Waals surface area (Å²) in [4.78, 5) is 18.4. The average molecular weight is 362 g/mol. The lowest BCUT2D eigenvalue weighted by Crippen LogP contribution is -2.42. The molecule has 0 radical (unpaired) electrons. The summed E-state index contributed by atoms with van der Waals surface area (Å²) in [5, 5.41) is 6.39. The number of rotatable bonds is 8. The van der Waals surface area contributed by atoms with Crippen LogP contribution in [-0.4, -0.2) is 62.7 Å². The van der Waals surface area contributed by atoms with Crippen LogP contribution in [0.1, 0.15) is 26.7 Å². The topological polar surface area (TPSA) is 75.2 Å². The van der Waals surface area contributed by atoms with Gasteiger partial charge in [0, 0.05) is 19.6 Å². The number of amides is 1. The molecule has 0 aromatic heterocycles. The third-order valence-electron chi connectivity index (χ3n) is 4.13. The van der Waals surface area contributed by atoms with Crippen LogP contribution in [0.3, 0.4) is 0 Å². The molecule has 26 heavy (non-hydrogen) atoms. The van der Waals surface area contributed by atoms with Gasteiger partial charge in [-0.05, 0) is 51.0 Å². The van der Waals surface area contributed by atoms with Gasteiger partial charge in [0.25, 0.3) is 0 Å². The van der Waals surface area contributed by atoms with Crippen LogP contribution in [0.25, 0.3) is 0 Å². The van der Waals surface area contributed by atoms with E-state index >= 15 is 0 Å². The first-order valence-corrected chi connectivity index (χ1v) is 9.23. The summed E-state index contributed by atoms with van der Waals surface area (Å²) < 4.78 is 11.0. The van der Waals surface area contributed by atoms with Crippen LogP contribution >= 0.6 is 0 Å². The Labute approximate surface area is 155 Å². The van der Waals surface area contributed by atoms with Gasteiger partial charge in [-0.3, -0.25) is 4.79 Å². The Balaban J connectivity index is 1.79. The lowest BCUT2D eigenvalue weighted by Gasteiger charge is -2.18. The molecule has 0 aliphatic carbocycles. The van der Waals surface area contributed by atoms with E-state index in [1.54, 1.807) is 7.11 Å². The van der Waals surface area contributed by atoms with Gasteiger partial charge in [0.2, 0.25) is 5.91 Å². The number of benzene rings is 1. The van der Waals surface area contributed by atoms with E-state index in [4.69, 9.17) is 9.47 Å². The molecule has 7 nitrogen and oxygen atoms in total. The predicted molar refractivity (Wildman–Crippen MR) is 103 cm³/mol. The summed E-state index contributed by atoms with van der Waals surface area (Å²) in [7, 11) is 1.64. The molecule has 1 aliphatic rings. The van der Waals surface area contributed by atoms with Gasteiger partial charge in [0.15, 0.2) is 5.96 Å². The fourth-order valence-electron chi connectivity index (χ4n) is 2.72. The number of nitrogens with one attached hydrogen (secondary N) is 2. The summed E-state index contributed by atoms with van der Waals surface area (Å²) in [5.41, 5.74) is 0. The number of aliphatic imine (C=N–C) groups is 1. The third-order valence-corrected chi connectivity index (χ3v) is 4.13. The van der Waals surface area contributed by atoms with Gasteiger partial charge in [-0.1, -0.05) is 0 Å². The lowest BCUT2D eigenvalue weighted by atomic mass is 10.3. The molecule has 1 unspecified atom stereocenters. The van der Waals surface area contributed by atoms with Crippen molar-refractivity contribution in [2.24, 2.45) is 4.99 Å². The van der Waals surface area contributed by atoms with Gasteiger partial charge < -0.3 is 25.0 Å². The summed E-state index contributed by atoms with van der Waals surface area (Å²) >= 11 is 0.